The lowest BCUT2D eigenvalue weighted by molar-refractivity contribution is 0.0179. The number of rotatable bonds is 32. The Morgan fingerprint density at radius 3 is 1.09 bits per heavy atom. The van der Waals surface area contributed by atoms with E-state index < -0.39 is 11.6 Å². The molecule has 10 heterocycles. The molecular weight excluding hydrogens is 1870 g/mol. The van der Waals surface area contributed by atoms with E-state index in [-0.39, 0.29) is 75.8 Å². The molecule has 6 aromatic heterocycles. The maximum atomic E-state index is 15.0. The molecule has 4 aliphatic heterocycles. The van der Waals surface area contributed by atoms with Crippen LogP contribution in [0.15, 0.2) is 298 Å². The van der Waals surface area contributed by atoms with Crippen molar-refractivity contribution in [3.8, 4) is 119 Å². The van der Waals surface area contributed by atoms with Gasteiger partial charge in [0.05, 0.1) is 54.1 Å². The summed E-state index contributed by atoms with van der Waals surface area (Å²) in [6, 6.07) is 75.6. The minimum absolute atomic E-state index is 0.0689. The topological polar surface area (TPSA) is 313 Å². The van der Waals surface area contributed by atoms with Crippen molar-refractivity contribution >= 4 is 86.1 Å². The third-order valence-electron chi connectivity index (χ3n) is 24.7. The van der Waals surface area contributed by atoms with Crippen LogP contribution in [0.5, 0.6) is 28.7 Å². The fraction of sp³-hybridized carbons (Fsp3) is 0.216. The first-order valence-corrected chi connectivity index (χ1v) is 48.3. The van der Waals surface area contributed by atoms with E-state index in [1.807, 2.05) is 115 Å². The second-order valence-corrected chi connectivity index (χ2v) is 36.4. The zero-order chi connectivity index (χ0) is 97.7. The predicted octanol–water partition coefficient (Wildman–Crippen LogP) is 24.1. The average Bonchev–Trinajstić information content (AvgIpc) is 1.63. The number of aromatic nitrogens is 7. The fourth-order valence-electron chi connectivity index (χ4n) is 17.5. The highest BCUT2D eigenvalue weighted by molar-refractivity contribution is 6.35. The lowest BCUT2D eigenvalue weighted by Crippen LogP contribution is -2.53. The first kappa shape index (κ1) is 96.7. The normalized spacial score (nSPS) is 14.1. The van der Waals surface area contributed by atoms with Gasteiger partial charge in [0.2, 0.25) is 0 Å². The quantitative estimate of drug-likeness (QED) is 0.0225. The Labute approximate surface area is 832 Å². The number of ether oxygens (including phenoxy) is 4. The van der Waals surface area contributed by atoms with Crippen molar-refractivity contribution < 1.29 is 65.7 Å². The van der Waals surface area contributed by atoms with E-state index in [1.165, 1.54) is 30.3 Å². The van der Waals surface area contributed by atoms with Crippen molar-refractivity contribution in [1.29, 1.82) is 0 Å². The molecule has 0 atom stereocenters. The molecule has 17 aromatic rings. The first-order valence-electron chi connectivity index (χ1n) is 46.8. The summed E-state index contributed by atoms with van der Waals surface area (Å²) in [6.07, 6.45) is 10.2. The molecule has 141 heavy (non-hydrogen) atoms. The van der Waals surface area contributed by atoms with Crippen molar-refractivity contribution in [3.05, 3.63) is 350 Å². The second-order valence-electron chi connectivity index (χ2n) is 34.8. The summed E-state index contributed by atoms with van der Waals surface area (Å²) >= 11 is 25.8. The maximum absolute atomic E-state index is 15.0. The molecule has 11 aromatic carbocycles. The van der Waals surface area contributed by atoms with E-state index in [9.17, 15) is 28.7 Å². The number of carbonyl (C=O) groups is 4. The summed E-state index contributed by atoms with van der Waals surface area (Å²) in [5.41, 5.74) is 16.8. The molecule has 0 radical (unpaired) electrons. The molecule has 0 unspecified atom stereocenters. The molecule has 21 rings (SSSR count). The van der Waals surface area contributed by atoms with Crippen LogP contribution in [0.4, 0.5) is 10.1 Å². The van der Waals surface area contributed by atoms with Gasteiger partial charge in [0.1, 0.15) is 70.2 Å². The number of likely N-dealkylation sites (tertiary alicyclic amines) is 4. The van der Waals surface area contributed by atoms with Crippen molar-refractivity contribution in [2.75, 3.05) is 84.3 Å². The Morgan fingerprint density at radius 2 is 0.723 bits per heavy atom. The lowest BCUT2D eigenvalue weighted by atomic mass is 9.94. The molecule has 4 fully saturated rings. The number of carbonyl (C=O) groups excluding carboxylic acids is 4. The molecule has 0 saturated carbocycles. The van der Waals surface area contributed by atoms with Crippen LogP contribution in [0.25, 0.3) is 101 Å². The predicted molar refractivity (Wildman–Crippen MR) is 544 cm³/mol. The average molecular weight is 1970 g/mol. The zero-order valence-electron chi connectivity index (χ0n) is 77.5. The summed E-state index contributed by atoms with van der Waals surface area (Å²) in [4.78, 5) is 67.5. The second kappa shape index (κ2) is 44.3. The molecule has 0 bridgehead atoms. The van der Waals surface area contributed by atoms with E-state index in [4.69, 9.17) is 89.2 Å². The van der Waals surface area contributed by atoms with Crippen molar-refractivity contribution in [3.63, 3.8) is 0 Å². The monoisotopic (exact) mass is 1970 g/mol. The summed E-state index contributed by atoms with van der Waals surface area (Å²) in [6.45, 7) is 20.0. The number of nitrogen functional groups attached to an aromatic ring is 1. The molecule has 4 saturated heterocycles. The number of aromatic amines is 2. The van der Waals surface area contributed by atoms with E-state index >= 15 is 0 Å². The standard InChI is InChI=1S/C29H25ClN4O3.C28H24ClFN2O4.C28H26ClN3O3.C26H24ClN3O3/c1-2-14-34-16-20(17-34)36-19-12-10-18(11-13-19)28(35)26-27(22-6-3-4-8-24(22)30)33-37-29(26)21-7-5-9-25-23(21)15-31-32-25;1-2-13-32-15-20(16-32)35-24-12-9-18(14-23(24)30)27(34)25-26(21-5-3-4-6-22(21)29)31-36-28(25)17-7-10-19(33)11-8-17;1-2-15-32-16-22(17-32)34-21-13-9-18(10-14-21)27(33)25-26(23-5-3-4-6-24(23)29)31-35-28(25)19-7-11-20(30)12-8-19;1-2-13-30-15-20(16-30)32-19-9-7-17(8-10-19)25(31)23-24(21-5-3-4-6-22(21)27)29-33-26(23)18-11-12-28-14-18/h3-13,15,20H,2,14,16-17H2,1H3,(H,31,32);3-12,14,20,33H,2,13,15-16H2,1H3;3-14,22H,2,15-17,30H2,1H3;3-12,14,20,28H,2,13,15-16H2,1H3. The molecule has 4 aliphatic rings. The van der Waals surface area contributed by atoms with Gasteiger partial charge in [0.15, 0.2) is 57.7 Å². The van der Waals surface area contributed by atoms with E-state index in [0.717, 1.165) is 143 Å². The van der Waals surface area contributed by atoms with Crippen LogP contribution in [0, 0.1) is 5.82 Å². The minimum Gasteiger partial charge on any atom is -0.508 e. The number of nitrogens with one attached hydrogen (secondary N) is 2. The minimum atomic E-state index is -0.614. The number of ketones is 4. The highest BCUT2D eigenvalue weighted by atomic mass is 35.5. The van der Waals surface area contributed by atoms with Crippen LogP contribution in [0.3, 0.4) is 0 Å². The van der Waals surface area contributed by atoms with Gasteiger partial charge < -0.3 is 52.9 Å². The van der Waals surface area contributed by atoms with E-state index in [1.54, 1.807) is 134 Å². The van der Waals surface area contributed by atoms with Gasteiger partial charge in [0, 0.05) is 143 Å². The molecule has 0 spiro atoms. The van der Waals surface area contributed by atoms with Crippen LogP contribution in [-0.2, 0) is 0 Å². The molecule has 25 nitrogen and oxygen atoms in total. The van der Waals surface area contributed by atoms with Crippen LogP contribution < -0.4 is 24.7 Å². The smallest absolute Gasteiger partial charge is 0.199 e. The number of nitrogens with two attached hydrogens (primary N) is 1. The summed E-state index contributed by atoms with van der Waals surface area (Å²) < 4.78 is 61.7. The largest absolute Gasteiger partial charge is 0.508 e. The molecular formula is C111H99Cl4FN12O13. The van der Waals surface area contributed by atoms with Gasteiger partial charge in [-0.05, 0) is 228 Å². The molecule has 0 aliphatic carbocycles. The van der Waals surface area contributed by atoms with Crippen molar-refractivity contribution in [2.24, 2.45) is 0 Å². The Morgan fingerprint density at radius 1 is 0.390 bits per heavy atom. The third-order valence-corrected chi connectivity index (χ3v) is 26.0. The number of hydrogen-bond acceptors (Lipinski definition) is 23. The lowest BCUT2D eigenvalue weighted by Gasteiger charge is -2.38. The molecule has 0 amide bonds. The van der Waals surface area contributed by atoms with Gasteiger partial charge in [0.25, 0.3) is 0 Å². The Balaban J connectivity index is 0.000000124. The number of phenolic OH excluding ortho intramolecular Hbond substituents is 1. The van der Waals surface area contributed by atoms with Gasteiger partial charge in [-0.1, -0.05) is 180 Å². The number of hydrogen-bond donors (Lipinski definition) is 4. The fourth-order valence-corrected chi connectivity index (χ4v) is 18.4. The van der Waals surface area contributed by atoms with Gasteiger partial charge >= 0.3 is 0 Å². The van der Waals surface area contributed by atoms with Gasteiger partial charge in [-0.25, -0.2) is 4.39 Å². The maximum Gasteiger partial charge on any atom is 0.199 e. The number of benzene rings is 11. The van der Waals surface area contributed by atoms with Crippen LogP contribution >= 0.6 is 46.4 Å². The highest BCUT2D eigenvalue weighted by Gasteiger charge is 2.37. The highest BCUT2D eigenvalue weighted by Crippen LogP contribution is 2.45. The number of aromatic hydroxyl groups is 1. The van der Waals surface area contributed by atoms with E-state index in [2.05, 4.69) is 83.1 Å². The van der Waals surface area contributed by atoms with Crippen LogP contribution in [0.2, 0.25) is 20.1 Å². The van der Waals surface area contributed by atoms with Crippen molar-refractivity contribution in [1.82, 2.24) is 55.4 Å². The van der Waals surface area contributed by atoms with Gasteiger partial charge in [-0.3, -0.25) is 43.9 Å². The van der Waals surface area contributed by atoms with Gasteiger partial charge in [-0.2, -0.15) is 5.10 Å². The Kier molecular flexibility index (Phi) is 30.4. The number of nitrogens with zero attached hydrogens (tertiary/aromatic N) is 9. The number of phenols is 1. The number of H-pyrrole nitrogens is 2. The zero-order valence-corrected chi connectivity index (χ0v) is 80.5. The van der Waals surface area contributed by atoms with Crippen molar-refractivity contribution in [2.45, 2.75) is 77.8 Å². The summed E-state index contributed by atoms with van der Waals surface area (Å²) in [7, 11) is 0. The van der Waals surface area contributed by atoms with Crippen LogP contribution in [-0.4, -0.2) is 187 Å². The summed E-state index contributed by atoms with van der Waals surface area (Å²) in [5.74, 6) is 2.08. The number of fused-ring (bicyclic) bond motifs is 1. The molecule has 716 valence electrons. The first-order chi connectivity index (χ1) is 68.7. The molecule has 30 heteroatoms. The number of halogens is 5. The molecule has 5 N–H and O–H groups in total. The third kappa shape index (κ3) is 21.9. The SMILES string of the molecule is CCCN1CC(Oc2ccc(C(=O)c3c(-c4ccccc4Cl)noc3-c3cc[nH]c3)cc2)C1.CCCN1CC(Oc2ccc(C(=O)c3c(-c4ccccc4Cl)noc3-c3ccc(N)cc3)cc2)C1.CCCN1CC(Oc2ccc(C(=O)c3c(-c4ccccc4Cl)noc3-c3ccc(O)cc3)cc2F)C1.CCCN1CC(Oc2ccc(C(=O)c3c(-c4ccccc4Cl)noc3-c3cccc4[nH]ncc34)cc2)C1. The Hall–Kier alpha value is -14.6. The summed E-state index contributed by atoms with van der Waals surface area (Å²) in [5, 5.41) is 36.4. The Bertz CT molecular complexity index is 7250. The van der Waals surface area contributed by atoms with Gasteiger partial charge in [-0.15, -0.1) is 0 Å². The van der Waals surface area contributed by atoms with E-state index in [0.29, 0.717) is 127 Å². The van der Waals surface area contributed by atoms with Crippen LogP contribution in [0.1, 0.15) is 117 Å². The number of anilines is 1.